The van der Waals surface area contributed by atoms with Gasteiger partial charge in [0, 0.05) is 42.3 Å². The number of aromatic hydroxyl groups is 1. The number of benzene rings is 2. The number of aromatic nitrogens is 2. The van der Waals surface area contributed by atoms with Crippen LogP contribution in [0.1, 0.15) is 16.2 Å². The number of hydrogen-bond donors (Lipinski definition) is 1. The second-order valence-corrected chi connectivity index (χ2v) is 7.07. The molecule has 4 rings (SSSR count). The highest BCUT2D eigenvalue weighted by atomic mass is 35.5. The first-order chi connectivity index (χ1) is 13.6. The van der Waals surface area contributed by atoms with Gasteiger partial charge in [-0.25, -0.2) is 0 Å². The number of hydrogen-bond acceptors (Lipinski definition) is 6. The minimum atomic E-state index is -0.0726. The van der Waals surface area contributed by atoms with Gasteiger partial charge in [-0.3, -0.25) is 9.69 Å². The van der Waals surface area contributed by atoms with E-state index in [0.29, 0.717) is 55.1 Å². The number of amides is 1. The highest BCUT2D eigenvalue weighted by molar-refractivity contribution is 6.30. The van der Waals surface area contributed by atoms with Crippen LogP contribution in [0.5, 0.6) is 5.75 Å². The first-order valence-corrected chi connectivity index (χ1v) is 9.35. The van der Waals surface area contributed by atoms with Gasteiger partial charge in [0.25, 0.3) is 5.91 Å². The Morgan fingerprint density at radius 3 is 2.61 bits per heavy atom. The molecule has 2 heterocycles. The third-order valence-electron chi connectivity index (χ3n) is 4.65. The quantitative estimate of drug-likeness (QED) is 0.727. The molecule has 2 aromatic carbocycles. The summed E-state index contributed by atoms with van der Waals surface area (Å²) in [7, 11) is 0. The summed E-state index contributed by atoms with van der Waals surface area (Å²) < 4.78 is 5.75. The molecule has 0 aliphatic carbocycles. The van der Waals surface area contributed by atoms with Gasteiger partial charge in [-0.1, -0.05) is 23.7 Å². The van der Waals surface area contributed by atoms with Crippen LogP contribution in [0.15, 0.2) is 52.9 Å². The maximum atomic E-state index is 12.5. The van der Waals surface area contributed by atoms with E-state index in [1.807, 2.05) is 12.1 Å². The van der Waals surface area contributed by atoms with Crippen molar-refractivity contribution in [1.82, 2.24) is 20.0 Å². The Morgan fingerprint density at radius 2 is 1.86 bits per heavy atom. The SMILES string of the molecule is O=C(c1cccc(O)c1)N1CCN(Cc2nnc(-c3cccc(Cl)c3)o2)CC1. The van der Waals surface area contributed by atoms with Gasteiger partial charge in [0.1, 0.15) is 5.75 Å². The molecular weight excluding hydrogens is 380 g/mol. The standard InChI is InChI=1S/C20H19ClN4O3/c21-16-5-1-3-14(11-16)19-23-22-18(28-19)13-24-7-9-25(10-8-24)20(27)15-4-2-6-17(26)12-15/h1-6,11-12,26H,7-10,13H2. The lowest BCUT2D eigenvalue weighted by atomic mass is 10.1. The molecule has 0 saturated carbocycles. The molecule has 1 saturated heterocycles. The maximum Gasteiger partial charge on any atom is 0.254 e. The predicted octanol–water partition coefficient (Wildman–Crippen LogP) is 3.05. The molecule has 7 nitrogen and oxygen atoms in total. The van der Waals surface area contributed by atoms with Crippen LogP contribution >= 0.6 is 11.6 Å². The fourth-order valence-electron chi connectivity index (χ4n) is 3.18. The molecule has 1 aromatic heterocycles. The number of phenolic OH excluding ortho intramolecular Hbond substituents is 1. The van der Waals surface area contributed by atoms with Gasteiger partial charge < -0.3 is 14.4 Å². The summed E-state index contributed by atoms with van der Waals surface area (Å²) in [4.78, 5) is 16.5. The smallest absolute Gasteiger partial charge is 0.254 e. The van der Waals surface area contributed by atoms with E-state index in [9.17, 15) is 9.90 Å². The molecular formula is C20H19ClN4O3. The number of phenols is 1. The summed E-state index contributed by atoms with van der Waals surface area (Å²) in [5.41, 5.74) is 1.28. The van der Waals surface area contributed by atoms with Crippen LogP contribution in [-0.4, -0.2) is 57.2 Å². The monoisotopic (exact) mass is 398 g/mol. The first kappa shape index (κ1) is 18.5. The van der Waals surface area contributed by atoms with E-state index in [1.54, 1.807) is 35.2 Å². The fraction of sp³-hybridized carbons (Fsp3) is 0.250. The van der Waals surface area contributed by atoms with Crippen molar-refractivity contribution in [1.29, 1.82) is 0 Å². The van der Waals surface area contributed by atoms with Crippen LogP contribution in [0.4, 0.5) is 0 Å². The Labute approximate surface area is 167 Å². The number of piperazine rings is 1. The zero-order valence-electron chi connectivity index (χ0n) is 15.1. The molecule has 144 valence electrons. The van der Waals surface area contributed by atoms with E-state index >= 15 is 0 Å². The van der Waals surface area contributed by atoms with Crippen molar-refractivity contribution in [2.75, 3.05) is 26.2 Å². The van der Waals surface area contributed by atoms with Gasteiger partial charge in [-0.2, -0.15) is 0 Å². The molecule has 1 fully saturated rings. The molecule has 0 unspecified atom stereocenters. The third kappa shape index (κ3) is 4.16. The Balaban J connectivity index is 1.34. The van der Waals surface area contributed by atoms with Crippen LogP contribution < -0.4 is 0 Å². The molecule has 0 radical (unpaired) electrons. The number of rotatable bonds is 4. The van der Waals surface area contributed by atoms with Gasteiger partial charge in [0.2, 0.25) is 11.8 Å². The summed E-state index contributed by atoms with van der Waals surface area (Å²) in [6.45, 7) is 3.15. The number of halogens is 1. The van der Waals surface area contributed by atoms with Gasteiger partial charge in [-0.05, 0) is 36.4 Å². The normalized spacial score (nSPS) is 15.0. The van der Waals surface area contributed by atoms with Crippen molar-refractivity contribution in [3.63, 3.8) is 0 Å². The van der Waals surface area contributed by atoms with Crippen LogP contribution in [-0.2, 0) is 6.54 Å². The summed E-state index contributed by atoms with van der Waals surface area (Å²) >= 11 is 6.01. The highest BCUT2D eigenvalue weighted by Gasteiger charge is 2.23. The van der Waals surface area contributed by atoms with Gasteiger partial charge in [-0.15, -0.1) is 10.2 Å². The molecule has 8 heteroatoms. The Kier molecular flexibility index (Phi) is 5.27. The van der Waals surface area contributed by atoms with E-state index in [4.69, 9.17) is 16.0 Å². The third-order valence-corrected chi connectivity index (χ3v) is 4.88. The Bertz CT molecular complexity index is 983. The van der Waals surface area contributed by atoms with Crippen molar-refractivity contribution in [3.05, 3.63) is 65.0 Å². The summed E-state index contributed by atoms with van der Waals surface area (Å²) in [5.74, 6) is 0.992. The minimum Gasteiger partial charge on any atom is -0.508 e. The van der Waals surface area contributed by atoms with E-state index in [0.717, 1.165) is 5.56 Å². The lowest BCUT2D eigenvalue weighted by molar-refractivity contribution is 0.0618. The summed E-state index contributed by atoms with van der Waals surface area (Å²) in [6, 6.07) is 13.7. The topological polar surface area (TPSA) is 82.7 Å². The number of carbonyl (C=O) groups is 1. The van der Waals surface area contributed by atoms with Crippen molar-refractivity contribution in [2.45, 2.75) is 6.54 Å². The van der Waals surface area contributed by atoms with Crippen LogP contribution in [0.25, 0.3) is 11.5 Å². The predicted molar refractivity (Wildman–Crippen MR) is 104 cm³/mol. The lowest BCUT2D eigenvalue weighted by Crippen LogP contribution is -2.48. The number of carbonyl (C=O) groups excluding carboxylic acids is 1. The zero-order chi connectivity index (χ0) is 19.5. The highest BCUT2D eigenvalue weighted by Crippen LogP contribution is 2.22. The second kappa shape index (κ2) is 8.00. The van der Waals surface area contributed by atoms with Gasteiger partial charge in [0.15, 0.2) is 0 Å². The molecule has 1 N–H and O–H groups in total. The van der Waals surface area contributed by atoms with Crippen molar-refractivity contribution >= 4 is 17.5 Å². The lowest BCUT2D eigenvalue weighted by Gasteiger charge is -2.34. The molecule has 0 spiro atoms. The van der Waals surface area contributed by atoms with Crippen molar-refractivity contribution < 1.29 is 14.3 Å². The second-order valence-electron chi connectivity index (χ2n) is 6.63. The van der Waals surface area contributed by atoms with Crippen LogP contribution in [0.3, 0.4) is 0 Å². The Morgan fingerprint density at radius 1 is 1.07 bits per heavy atom. The Hall–Kier alpha value is -2.90. The average molecular weight is 399 g/mol. The molecule has 28 heavy (non-hydrogen) atoms. The van der Waals surface area contributed by atoms with E-state index in [2.05, 4.69) is 15.1 Å². The summed E-state index contributed by atoms with van der Waals surface area (Å²) in [6.07, 6.45) is 0. The molecule has 0 bridgehead atoms. The first-order valence-electron chi connectivity index (χ1n) is 8.97. The molecule has 1 aliphatic heterocycles. The van der Waals surface area contributed by atoms with E-state index in [-0.39, 0.29) is 11.7 Å². The van der Waals surface area contributed by atoms with Crippen molar-refractivity contribution in [2.24, 2.45) is 0 Å². The largest absolute Gasteiger partial charge is 0.508 e. The molecule has 0 atom stereocenters. The average Bonchev–Trinajstić information content (AvgIpc) is 3.17. The zero-order valence-corrected chi connectivity index (χ0v) is 15.8. The van der Waals surface area contributed by atoms with Crippen molar-refractivity contribution in [3.8, 4) is 17.2 Å². The van der Waals surface area contributed by atoms with E-state index in [1.165, 1.54) is 6.07 Å². The van der Waals surface area contributed by atoms with Crippen LogP contribution in [0.2, 0.25) is 5.02 Å². The fourth-order valence-corrected chi connectivity index (χ4v) is 3.37. The molecule has 1 amide bonds. The van der Waals surface area contributed by atoms with E-state index < -0.39 is 0 Å². The van der Waals surface area contributed by atoms with Crippen LogP contribution in [0, 0.1) is 0 Å². The molecule has 3 aromatic rings. The molecule has 1 aliphatic rings. The number of nitrogens with zero attached hydrogens (tertiary/aromatic N) is 4. The van der Waals surface area contributed by atoms with Gasteiger partial charge in [0.05, 0.1) is 6.54 Å². The summed E-state index contributed by atoms with van der Waals surface area (Å²) in [5, 5.41) is 18.4. The van der Waals surface area contributed by atoms with Gasteiger partial charge >= 0.3 is 0 Å². The minimum absolute atomic E-state index is 0.0726. The maximum absolute atomic E-state index is 12.5.